The lowest BCUT2D eigenvalue weighted by molar-refractivity contribution is -0.386. The van der Waals surface area contributed by atoms with Crippen molar-refractivity contribution < 1.29 is 27.6 Å². The van der Waals surface area contributed by atoms with Crippen LogP contribution in [0.2, 0.25) is 0 Å². The smallest absolute Gasteiger partial charge is 0.312 e. The summed E-state index contributed by atoms with van der Waals surface area (Å²) >= 11 is 0. The Kier molecular flexibility index (Phi) is 5.19. The molecule has 0 unspecified atom stereocenters. The van der Waals surface area contributed by atoms with Crippen LogP contribution < -0.4 is 18.9 Å². The first-order valence-corrected chi connectivity index (χ1v) is 9.54. The first kappa shape index (κ1) is 18.9. The van der Waals surface area contributed by atoms with Gasteiger partial charge in [-0.1, -0.05) is 6.07 Å². The number of hydrogen-bond acceptors (Lipinski definition) is 7. The number of hydrogen-bond donors (Lipinski definition) is 1. The third-order valence-electron chi connectivity index (χ3n) is 4.06. The highest BCUT2D eigenvalue weighted by Gasteiger charge is 2.24. The Morgan fingerprint density at radius 3 is 2.52 bits per heavy atom. The first-order chi connectivity index (χ1) is 12.8. The lowest BCUT2D eigenvalue weighted by atomic mass is 10.1. The Morgan fingerprint density at radius 1 is 1.15 bits per heavy atom. The topological polar surface area (TPSA) is 117 Å². The van der Waals surface area contributed by atoms with Gasteiger partial charge in [0, 0.05) is 12.1 Å². The third kappa shape index (κ3) is 3.96. The normalized spacial score (nSPS) is 14.4. The summed E-state index contributed by atoms with van der Waals surface area (Å²) in [5.41, 5.74) is 0.248. The molecule has 0 spiro atoms. The van der Waals surface area contributed by atoms with Gasteiger partial charge in [0.25, 0.3) is 0 Å². The Labute approximate surface area is 156 Å². The summed E-state index contributed by atoms with van der Waals surface area (Å²) in [7, 11) is -2.72. The van der Waals surface area contributed by atoms with Gasteiger partial charge in [-0.05, 0) is 36.8 Å². The van der Waals surface area contributed by atoms with Crippen molar-refractivity contribution in [1.82, 2.24) is 4.72 Å². The largest absolute Gasteiger partial charge is 0.490 e. The van der Waals surface area contributed by atoms with Gasteiger partial charge in [0.1, 0.15) is 13.2 Å². The minimum absolute atomic E-state index is 0.0150. The monoisotopic (exact) mass is 394 g/mol. The second kappa shape index (κ2) is 7.41. The van der Waals surface area contributed by atoms with Gasteiger partial charge in [-0.3, -0.25) is 10.1 Å². The summed E-state index contributed by atoms with van der Waals surface area (Å²) in [6.45, 7) is 2.55. The molecule has 0 aliphatic carbocycles. The molecular formula is C17H18N2O7S. The van der Waals surface area contributed by atoms with Crippen LogP contribution in [0, 0.1) is 10.1 Å². The SMILES string of the molecule is COc1ccc(S(=O)(=O)N[C@H](C)c2ccc3c(c2)OCCO3)cc1[N+](=O)[O-]. The van der Waals surface area contributed by atoms with Gasteiger partial charge in [-0.15, -0.1) is 0 Å². The molecule has 0 aromatic heterocycles. The number of fused-ring (bicyclic) bond motifs is 1. The minimum atomic E-state index is -3.99. The summed E-state index contributed by atoms with van der Waals surface area (Å²) < 4.78 is 43.7. The van der Waals surface area contributed by atoms with Crippen LogP contribution in [0.3, 0.4) is 0 Å². The number of sulfonamides is 1. The molecule has 2 aromatic carbocycles. The van der Waals surface area contributed by atoms with E-state index in [2.05, 4.69) is 4.72 Å². The molecule has 1 atom stereocenters. The van der Waals surface area contributed by atoms with Crippen molar-refractivity contribution in [3.8, 4) is 17.2 Å². The van der Waals surface area contributed by atoms with Crippen molar-refractivity contribution in [1.29, 1.82) is 0 Å². The van der Waals surface area contributed by atoms with Crippen LogP contribution in [0.5, 0.6) is 17.2 Å². The van der Waals surface area contributed by atoms with E-state index < -0.39 is 26.7 Å². The molecule has 10 heteroatoms. The van der Waals surface area contributed by atoms with Crippen LogP contribution in [0.4, 0.5) is 5.69 Å². The van der Waals surface area contributed by atoms with E-state index in [4.69, 9.17) is 14.2 Å². The van der Waals surface area contributed by atoms with Crippen molar-refractivity contribution in [2.45, 2.75) is 17.9 Å². The predicted octanol–water partition coefficient (Wildman–Crippen LogP) is 2.41. The first-order valence-electron chi connectivity index (χ1n) is 8.06. The Morgan fingerprint density at radius 2 is 1.85 bits per heavy atom. The van der Waals surface area contributed by atoms with Crippen LogP contribution in [-0.2, 0) is 10.0 Å². The molecule has 0 amide bonds. The minimum Gasteiger partial charge on any atom is -0.490 e. The zero-order chi connectivity index (χ0) is 19.6. The molecule has 1 aliphatic heterocycles. The second-order valence-corrected chi connectivity index (χ2v) is 7.55. The molecule has 0 saturated heterocycles. The van der Waals surface area contributed by atoms with E-state index in [1.165, 1.54) is 19.2 Å². The molecule has 0 fully saturated rings. The van der Waals surface area contributed by atoms with Crippen LogP contribution in [0.15, 0.2) is 41.3 Å². The number of nitro groups is 1. The van der Waals surface area contributed by atoms with E-state index in [0.717, 1.165) is 6.07 Å². The predicted molar refractivity (Wildman–Crippen MR) is 95.8 cm³/mol. The van der Waals surface area contributed by atoms with Crippen molar-refractivity contribution in [3.05, 3.63) is 52.1 Å². The maximum Gasteiger partial charge on any atom is 0.312 e. The summed E-state index contributed by atoms with van der Waals surface area (Å²) in [6.07, 6.45) is 0. The summed E-state index contributed by atoms with van der Waals surface area (Å²) in [6, 6.07) is 8.04. The van der Waals surface area contributed by atoms with Gasteiger partial charge in [-0.25, -0.2) is 13.1 Å². The average molecular weight is 394 g/mol. The fourth-order valence-corrected chi connectivity index (χ4v) is 3.93. The fourth-order valence-electron chi connectivity index (χ4n) is 2.68. The van der Waals surface area contributed by atoms with Crippen LogP contribution in [0.1, 0.15) is 18.5 Å². The molecule has 0 saturated carbocycles. The molecule has 0 bridgehead atoms. The summed E-state index contributed by atoms with van der Waals surface area (Å²) in [5.74, 6) is 1.13. The van der Waals surface area contributed by atoms with E-state index in [0.29, 0.717) is 30.3 Å². The molecular weight excluding hydrogens is 376 g/mol. The summed E-state index contributed by atoms with van der Waals surface area (Å²) in [4.78, 5) is 10.2. The van der Waals surface area contributed by atoms with Gasteiger partial charge in [0.2, 0.25) is 10.0 Å². The van der Waals surface area contributed by atoms with Gasteiger partial charge < -0.3 is 14.2 Å². The van der Waals surface area contributed by atoms with E-state index >= 15 is 0 Å². The third-order valence-corrected chi connectivity index (χ3v) is 5.59. The number of benzene rings is 2. The second-order valence-electron chi connectivity index (χ2n) is 5.84. The summed E-state index contributed by atoms with van der Waals surface area (Å²) in [5, 5.41) is 11.1. The highest BCUT2D eigenvalue weighted by Crippen LogP contribution is 2.33. The maximum atomic E-state index is 12.6. The van der Waals surface area contributed by atoms with Crippen molar-refractivity contribution >= 4 is 15.7 Å². The molecule has 27 heavy (non-hydrogen) atoms. The van der Waals surface area contributed by atoms with Crippen molar-refractivity contribution in [2.75, 3.05) is 20.3 Å². The standard InChI is InChI=1S/C17H18N2O7S/c1-11(12-3-5-16-17(9-12)26-8-7-25-16)18-27(22,23)13-4-6-15(24-2)14(10-13)19(20)21/h3-6,9-11,18H,7-8H2,1-2H3/t11-/m1/s1. The van der Waals surface area contributed by atoms with Crippen LogP contribution >= 0.6 is 0 Å². The van der Waals surface area contributed by atoms with Crippen molar-refractivity contribution in [2.24, 2.45) is 0 Å². The lowest BCUT2D eigenvalue weighted by Crippen LogP contribution is -2.27. The van der Waals surface area contributed by atoms with Gasteiger partial charge in [-0.2, -0.15) is 0 Å². The van der Waals surface area contributed by atoms with Gasteiger partial charge in [0.15, 0.2) is 17.2 Å². The van der Waals surface area contributed by atoms with Crippen molar-refractivity contribution in [3.63, 3.8) is 0 Å². The number of nitrogens with one attached hydrogen (secondary N) is 1. The number of nitro benzene ring substituents is 1. The van der Waals surface area contributed by atoms with Gasteiger partial charge in [0.05, 0.1) is 16.9 Å². The number of ether oxygens (including phenoxy) is 3. The number of nitrogens with zero attached hydrogens (tertiary/aromatic N) is 1. The Balaban J connectivity index is 1.86. The molecule has 144 valence electrons. The zero-order valence-corrected chi connectivity index (χ0v) is 15.5. The zero-order valence-electron chi connectivity index (χ0n) is 14.7. The average Bonchev–Trinajstić information content (AvgIpc) is 2.66. The van der Waals surface area contributed by atoms with E-state index in [1.54, 1.807) is 25.1 Å². The van der Waals surface area contributed by atoms with E-state index in [-0.39, 0.29) is 10.6 Å². The van der Waals surface area contributed by atoms with E-state index in [9.17, 15) is 18.5 Å². The highest BCUT2D eigenvalue weighted by molar-refractivity contribution is 7.89. The molecule has 9 nitrogen and oxygen atoms in total. The molecule has 1 N–H and O–H groups in total. The highest BCUT2D eigenvalue weighted by atomic mass is 32.2. The number of methoxy groups -OCH3 is 1. The van der Waals surface area contributed by atoms with Gasteiger partial charge >= 0.3 is 5.69 Å². The quantitative estimate of drug-likeness (QED) is 0.590. The maximum absolute atomic E-state index is 12.6. The lowest BCUT2D eigenvalue weighted by Gasteiger charge is -2.21. The molecule has 0 radical (unpaired) electrons. The Bertz CT molecular complexity index is 975. The molecule has 1 aliphatic rings. The fraction of sp³-hybridized carbons (Fsp3) is 0.294. The van der Waals surface area contributed by atoms with E-state index in [1.807, 2.05) is 0 Å². The molecule has 3 rings (SSSR count). The molecule has 2 aromatic rings. The van der Waals surface area contributed by atoms with Crippen LogP contribution in [-0.4, -0.2) is 33.7 Å². The molecule has 1 heterocycles. The van der Waals surface area contributed by atoms with Crippen LogP contribution in [0.25, 0.3) is 0 Å². The number of rotatable bonds is 6. The Hall–Kier alpha value is -2.85.